The van der Waals surface area contributed by atoms with Crippen LogP contribution >= 0.6 is 0 Å². The summed E-state index contributed by atoms with van der Waals surface area (Å²) in [6.07, 6.45) is 1.10. The van der Waals surface area contributed by atoms with Gasteiger partial charge in [-0.1, -0.05) is 42.5 Å². The molecule has 20 heavy (non-hydrogen) atoms. The fraction of sp³-hybridized carbons (Fsp3) is 0.333. The average molecular weight is 267 g/mol. The van der Waals surface area contributed by atoms with Gasteiger partial charge < -0.3 is 9.64 Å². The molecule has 1 atom stereocenters. The van der Waals surface area contributed by atoms with E-state index in [1.54, 1.807) is 0 Å². The predicted octanol–water partition coefficient (Wildman–Crippen LogP) is 3.83. The first-order valence-corrected chi connectivity index (χ1v) is 7.37. The Labute approximate surface area is 121 Å². The molecule has 2 aromatic carbocycles. The van der Waals surface area contributed by atoms with E-state index in [1.807, 2.05) is 0 Å². The van der Waals surface area contributed by atoms with Crippen LogP contribution in [0.1, 0.15) is 24.1 Å². The monoisotopic (exact) mass is 267 g/mol. The first-order valence-electron chi connectivity index (χ1n) is 7.37. The van der Waals surface area contributed by atoms with Crippen LogP contribution in [0.2, 0.25) is 0 Å². The fourth-order valence-corrected chi connectivity index (χ4v) is 2.99. The summed E-state index contributed by atoms with van der Waals surface area (Å²) >= 11 is 0. The van der Waals surface area contributed by atoms with E-state index in [0.29, 0.717) is 6.04 Å². The van der Waals surface area contributed by atoms with Gasteiger partial charge in [-0.25, -0.2) is 0 Å². The van der Waals surface area contributed by atoms with Gasteiger partial charge in [-0.2, -0.15) is 0 Å². The first kappa shape index (κ1) is 13.2. The summed E-state index contributed by atoms with van der Waals surface area (Å²) in [6.45, 7) is 4.63. The highest BCUT2D eigenvalue weighted by Gasteiger charge is 2.27. The summed E-state index contributed by atoms with van der Waals surface area (Å²) in [5.41, 5.74) is 4.16. The van der Waals surface area contributed by atoms with Crippen LogP contribution in [0.15, 0.2) is 54.6 Å². The van der Waals surface area contributed by atoms with Crippen molar-refractivity contribution in [2.24, 2.45) is 0 Å². The van der Waals surface area contributed by atoms with Crippen molar-refractivity contribution in [3.8, 4) is 0 Å². The summed E-state index contributed by atoms with van der Waals surface area (Å²) in [7, 11) is 0. The van der Waals surface area contributed by atoms with Crippen LogP contribution in [-0.4, -0.2) is 19.8 Å². The van der Waals surface area contributed by atoms with Crippen molar-refractivity contribution in [2.45, 2.75) is 19.4 Å². The van der Waals surface area contributed by atoms with Crippen LogP contribution in [0.25, 0.3) is 0 Å². The summed E-state index contributed by atoms with van der Waals surface area (Å²) in [4.78, 5) is 2.47. The Kier molecular flexibility index (Phi) is 4.03. The minimum absolute atomic E-state index is 0.322. The topological polar surface area (TPSA) is 12.5 Å². The lowest BCUT2D eigenvalue weighted by atomic mass is 9.92. The summed E-state index contributed by atoms with van der Waals surface area (Å²) in [5.74, 6) is 0. The Morgan fingerprint density at radius 2 is 1.80 bits per heavy atom. The third-order valence-corrected chi connectivity index (χ3v) is 3.98. The van der Waals surface area contributed by atoms with E-state index >= 15 is 0 Å². The quantitative estimate of drug-likeness (QED) is 0.835. The minimum Gasteiger partial charge on any atom is -0.379 e. The van der Waals surface area contributed by atoms with Crippen molar-refractivity contribution in [3.05, 3.63) is 65.7 Å². The highest BCUT2D eigenvalue weighted by molar-refractivity contribution is 5.52. The molecule has 0 fully saturated rings. The molecule has 2 heteroatoms. The largest absolute Gasteiger partial charge is 0.379 e. The molecule has 1 aliphatic rings. The van der Waals surface area contributed by atoms with Gasteiger partial charge in [0.1, 0.15) is 0 Å². The molecule has 2 nitrogen and oxygen atoms in total. The van der Waals surface area contributed by atoms with Crippen molar-refractivity contribution < 1.29 is 4.74 Å². The highest BCUT2D eigenvalue weighted by Crippen LogP contribution is 2.33. The Bertz CT molecular complexity index is 552. The SMILES string of the molecule is CCOCC1c2ccccc2CCN1c1ccccc1. The number of fused-ring (bicyclic) bond motifs is 1. The maximum Gasteiger partial charge on any atom is 0.0779 e. The lowest BCUT2D eigenvalue weighted by molar-refractivity contribution is 0.129. The van der Waals surface area contributed by atoms with Crippen LogP contribution in [0.3, 0.4) is 0 Å². The fourth-order valence-electron chi connectivity index (χ4n) is 2.99. The second-order valence-electron chi connectivity index (χ2n) is 5.15. The zero-order chi connectivity index (χ0) is 13.8. The standard InChI is InChI=1S/C18H21NO/c1-2-20-14-18-17-11-7-6-8-15(17)12-13-19(18)16-9-4-3-5-10-16/h3-11,18H,2,12-14H2,1H3. The normalized spacial score (nSPS) is 17.9. The molecule has 1 unspecified atom stereocenters. The minimum atomic E-state index is 0.322. The molecule has 0 N–H and O–H groups in total. The van der Waals surface area contributed by atoms with Gasteiger partial charge >= 0.3 is 0 Å². The van der Waals surface area contributed by atoms with Crippen molar-refractivity contribution in [3.63, 3.8) is 0 Å². The molecule has 0 saturated heterocycles. The van der Waals surface area contributed by atoms with E-state index in [-0.39, 0.29) is 0 Å². The molecule has 0 saturated carbocycles. The zero-order valence-corrected chi connectivity index (χ0v) is 12.0. The summed E-state index contributed by atoms with van der Waals surface area (Å²) in [6, 6.07) is 19.7. The molecule has 0 radical (unpaired) electrons. The van der Waals surface area contributed by atoms with E-state index in [1.165, 1.54) is 16.8 Å². The third kappa shape index (κ3) is 2.56. The molecule has 1 heterocycles. The average Bonchev–Trinajstić information content (AvgIpc) is 2.53. The lowest BCUT2D eigenvalue weighted by Crippen LogP contribution is -2.38. The maximum atomic E-state index is 5.74. The molecule has 3 rings (SSSR count). The van der Waals surface area contributed by atoms with Crippen LogP contribution in [0.4, 0.5) is 5.69 Å². The molecule has 0 amide bonds. The van der Waals surface area contributed by atoms with E-state index in [2.05, 4.69) is 66.4 Å². The summed E-state index contributed by atoms with van der Waals surface area (Å²) < 4.78 is 5.74. The van der Waals surface area contributed by atoms with Crippen LogP contribution in [-0.2, 0) is 11.2 Å². The van der Waals surface area contributed by atoms with Crippen LogP contribution in [0.5, 0.6) is 0 Å². The van der Waals surface area contributed by atoms with Gasteiger partial charge in [-0.15, -0.1) is 0 Å². The Morgan fingerprint density at radius 3 is 2.60 bits per heavy atom. The van der Waals surface area contributed by atoms with Gasteiger partial charge in [0.25, 0.3) is 0 Å². The molecule has 0 aliphatic carbocycles. The molecular formula is C18H21NO. The van der Waals surface area contributed by atoms with Crippen molar-refractivity contribution in [1.29, 1.82) is 0 Å². The molecule has 0 spiro atoms. The number of anilines is 1. The number of ether oxygens (including phenoxy) is 1. The molecule has 1 aliphatic heterocycles. The number of hydrogen-bond donors (Lipinski definition) is 0. The first-order chi connectivity index (χ1) is 9.90. The Balaban J connectivity index is 1.95. The van der Waals surface area contributed by atoms with Crippen molar-refractivity contribution in [2.75, 3.05) is 24.7 Å². The molecule has 104 valence electrons. The second-order valence-corrected chi connectivity index (χ2v) is 5.15. The molecule has 2 aromatic rings. The number of para-hydroxylation sites is 1. The lowest BCUT2D eigenvalue weighted by Gasteiger charge is -2.39. The van der Waals surface area contributed by atoms with Crippen LogP contribution < -0.4 is 4.90 Å². The van der Waals surface area contributed by atoms with Gasteiger partial charge in [-0.3, -0.25) is 0 Å². The van der Waals surface area contributed by atoms with E-state index in [9.17, 15) is 0 Å². The van der Waals surface area contributed by atoms with Crippen molar-refractivity contribution >= 4 is 5.69 Å². The van der Waals surface area contributed by atoms with Gasteiger partial charge in [-0.05, 0) is 36.6 Å². The number of rotatable bonds is 4. The molecular weight excluding hydrogens is 246 g/mol. The van der Waals surface area contributed by atoms with Gasteiger partial charge in [0.05, 0.1) is 12.6 Å². The maximum absolute atomic E-state index is 5.74. The number of hydrogen-bond acceptors (Lipinski definition) is 2. The van der Waals surface area contributed by atoms with E-state index in [4.69, 9.17) is 4.74 Å². The second kappa shape index (κ2) is 6.10. The predicted molar refractivity (Wildman–Crippen MR) is 83.2 cm³/mol. The smallest absolute Gasteiger partial charge is 0.0779 e. The van der Waals surface area contributed by atoms with Gasteiger partial charge in [0.15, 0.2) is 0 Å². The molecule has 0 aromatic heterocycles. The Morgan fingerprint density at radius 1 is 1.05 bits per heavy atom. The van der Waals surface area contributed by atoms with E-state index in [0.717, 1.165) is 26.2 Å². The van der Waals surface area contributed by atoms with E-state index < -0.39 is 0 Å². The van der Waals surface area contributed by atoms with Crippen LogP contribution in [0, 0.1) is 0 Å². The third-order valence-electron chi connectivity index (χ3n) is 3.98. The molecule has 0 bridgehead atoms. The van der Waals surface area contributed by atoms with Gasteiger partial charge in [0.2, 0.25) is 0 Å². The number of nitrogens with zero attached hydrogens (tertiary/aromatic N) is 1. The number of benzene rings is 2. The van der Waals surface area contributed by atoms with Gasteiger partial charge in [0, 0.05) is 18.8 Å². The zero-order valence-electron chi connectivity index (χ0n) is 12.0. The Hall–Kier alpha value is -1.80. The summed E-state index contributed by atoms with van der Waals surface area (Å²) in [5, 5.41) is 0. The van der Waals surface area contributed by atoms with Crippen molar-refractivity contribution in [1.82, 2.24) is 0 Å². The highest BCUT2D eigenvalue weighted by atomic mass is 16.5.